The number of aromatic nitrogens is 3. The highest BCUT2D eigenvalue weighted by molar-refractivity contribution is 5.94. The molecule has 0 radical (unpaired) electrons. The molecule has 4 rings (SSSR count). The van der Waals surface area contributed by atoms with Gasteiger partial charge in [-0.1, -0.05) is 33.4 Å². The quantitative estimate of drug-likeness (QED) is 0.363. The molecule has 1 atom stereocenters. The molecule has 8 nitrogen and oxygen atoms in total. The highest BCUT2D eigenvalue weighted by Crippen LogP contribution is 2.34. The van der Waals surface area contributed by atoms with Crippen LogP contribution < -0.4 is 0 Å². The van der Waals surface area contributed by atoms with Gasteiger partial charge in [-0.2, -0.15) is 0 Å². The number of rotatable bonds is 6. The van der Waals surface area contributed by atoms with Crippen LogP contribution in [0.4, 0.5) is 0 Å². The van der Waals surface area contributed by atoms with Gasteiger partial charge in [0.05, 0.1) is 5.56 Å². The summed E-state index contributed by atoms with van der Waals surface area (Å²) in [7, 11) is 0. The minimum atomic E-state index is -0.594. The average Bonchev–Trinajstić information content (AvgIpc) is 3.37. The van der Waals surface area contributed by atoms with Crippen LogP contribution in [0.5, 0.6) is 5.75 Å². The van der Waals surface area contributed by atoms with Crippen LogP contribution in [0.25, 0.3) is 16.7 Å². The molecule has 2 heterocycles. The van der Waals surface area contributed by atoms with Crippen LogP contribution in [-0.4, -0.2) is 43.8 Å². The number of fused-ring (bicyclic) bond motifs is 4. The maximum Gasteiger partial charge on any atom is 0.338 e. The second-order valence-corrected chi connectivity index (χ2v) is 9.12. The van der Waals surface area contributed by atoms with Crippen LogP contribution in [-0.2, 0) is 19.7 Å². The Kier molecular flexibility index (Phi) is 5.03. The van der Waals surface area contributed by atoms with E-state index in [2.05, 4.69) is 27.4 Å². The zero-order valence-corrected chi connectivity index (χ0v) is 18.9. The molecule has 2 aromatic heterocycles. The minimum absolute atomic E-state index is 0.0422. The van der Waals surface area contributed by atoms with Crippen molar-refractivity contribution in [2.75, 3.05) is 6.61 Å². The lowest BCUT2D eigenvalue weighted by Crippen LogP contribution is -2.22. The van der Waals surface area contributed by atoms with Gasteiger partial charge in [0.15, 0.2) is 0 Å². The smallest absolute Gasteiger partial charge is 0.338 e. The number of aromatic hydroxyl groups is 1. The van der Waals surface area contributed by atoms with Crippen molar-refractivity contribution < 1.29 is 24.2 Å². The first-order chi connectivity index (χ1) is 15.0. The van der Waals surface area contributed by atoms with Crippen LogP contribution in [0.3, 0.4) is 0 Å². The molecule has 168 valence electrons. The van der Waals surface area contributed by atoms with Crippen LogP contribution in [0.15, 0.2) is 48.6 Å². The molecule has 0 spiro atoms. The molecular formula is C24H27N3O5. The summed E-state index contributed by atoms with van der Waals surface area (Å²) in [5.74, 6) is -0.846. The number of carbonyl (C=O) groups is 2. The lowest BCUT2D eigenvalue weighted by atomic mass is 9.87. The van der Waals surface area contributed by atoms with Gasteiger partial charge in [0.1, 0.15) is 35.2 Å². The molecule has 0 aliphatic rings. The third-order valence-electron chi connectivity index (χ3n) is 5.31. The summed E-state index contributed by atoms with van der Waals surface area (Å²) in [6.07, 6.45) is -0.594. The summed E-state index contributed by atoms with van der Waals surface area (Å²) < 4.78 is 14.2. The minimum Gasteiger partial charge on any atom is -0.506 e. The van der Waals surface area contributed by atoms with Crippen molar-refractivity contribution in [1.29, 1.82) is 0 Å². The summed E-state index contributed by atoms with van der Waals surface area (Å²) >= 11 is 0. The van der Waals surface area contributed by atoms with E-state index in [1.165, 1.54) is 0 Å². The Balaban J connectivity index is 1.54. The van der Waals surface area contributed by atoms with E-state index in [-0.39, 0.29) is 23.3 Å². The van der Waals surface area contributed by atoms with Crippen molar-refractivity contribution in [3.8, 4) is 11.4 Å². The third-order valence-corrected chi connectivity index (χ3v) is 5.31. The lowest BCUT2D eigenvalue weighted by molar-refractivity contribution is -0.141. The lowest BCUT2D eigenvalue weighted by Gasteiger charge is -2.19. The predicted octanol–water partition coefficient (Wildman–Crippen LogP) is 4.09. The number of hydrogen-bond acceptors (Lipinski definition) is 5. The van der Waals surface area contributed by atoms with Crippen LogP contribution >= 0.6 is 0 Å². The van der Waals surface area contributed by atoms with Crippen molar-refractivity contribution in [2.45, 2.75) is 46.1 Å². The molecule has 0 bridgehead atoms. The standard InChI is InChI=1S/C24H27N3O5/c1-14(2)22(29)31-13-15(3)32-23(30)16-7-9-18-19(11-16)26-25(18)27(26)20-12-17(24(4,5)6)8-10-21(20)28/h7-12,15,28H,1,13H2,2-6H3. The van der Waals surface area contributed by atoms with Gasteiger partial charge in [-0.3, -0.25) is 0 Å². The second kappa shape index (κ2) is 7.47. The summed E-state index contributed by atoms with van der Waals surface area (Å²) in [6, 6.07) is 10.9. The van der Waals surface area contributed by atoms with Crippen molar-refractivity contribution in [3.63, 3.8) is 0 Å². The van der Waals surface area contributed by atoms with Gasteiger partial charge in [0, 0.05) is 5.57 Å². The van der Waals surface area contributed by atoms with E-state index < -0.39 is 18.0 Å². The summed E-state index contributed by atoms with van der Waals surface area (Å²) in [5.41, 5.74) is 4.16. The van der Waals surface area contributed by atoms with E-state index in [9.17, 15) is 14.7 Å². The number of hydrogen-bond donors (Lipinski definition) is 1. The van der Waals surface area contributed by atoms with E-state index >= 15 is 0 Å². The largest absolute Gasteiger partial charge is 0.506 e. The van der Waals surface area contributed by atoms with E-state index in [1.54, 1.807) is 32.0 Å². The molecule has 4 aromatic rings. The molecule has 8 heteroatoms. The molecule has 0 aliphatic carbocycles. The topological polar surface area (TPSA) is 86.6 Å². The molecule has 0 saturated carbocycles. The van der Waals surface area contributed by atoms with Gasteiger partial charge in [0.25, 0.3) is 0 Å². The number of phenols is 1. The molecule has 0 fully saturated rings. The zero-order valence-electron chi connectivity index (χ0n) is 18.9. The monoisotopic (exact) mass is 437 g/mol. The van der Waals surface area contributed by atoms with Gasteiger partial charge in [-0.05, 0) is 55.2 Å². The number of nitrogens with zero attached hydrogens (tertiary/aromatic N) is 3. The van der Waals surface area contributed by atoms with Crippen molar-refractivity contribution in [1.82, 2.24) is 14.1 Å². The molecular weight excluding hydrogens is 410 g/mol. The van der Waals surface area contributed by atoms with Crippen LogP contribution in [0.1, 0.15) is 50.5 Å². The molecule has 0 amide bonds. The van der Waals surface area contributed by atoms with E-state index in [0.29, 0.717) is 11.3 Å². The normalized spacial score (nSPS) is 13.0. The number of ether oxygens (including phenoxy) is 2. The highest BCUT2D eigenvalue weighted by Gasteiger charge is 2.28. The summed E-state index contributed by atoms with van der Waals surface area (Å²) in [6.45, 7) is 13.0. The van der Waals surface area contributed by atoms with Crippen LogP contribution in [0.2, 0.25) is 0 Å². The maximum absolute atomic E-state index is 12.5. The predicted molar refractivity (Wildman–Crippen MR) is 120 cm³/mol. The Morgan fingerprint density at radius 2 is 1.78 bits per heavy atom. The maximum atomic E-state index is 12.5. The Labute approximate surface area is 185 Å². The van der Waals surface area contributed by atoms with Crippen molar-refractivity contribution in [2.24, 2.45) is 0 Å². The third kappa shape index (κ3) is 3.72. The van der Waals surface area contributed by atoms with Gasteiger partial charge in [0.2, 0.25) is 0 Å². The Morgan fingerprint density at radius 1 is 1.09 bits per heavy atom. The Morgan fingerprint density at radius 3 is 2.44 bits per heavy atom. The fourth-order valence-corrected chi connectivity index (χ4v) is 3.43. The van der Waals surface area contributed by atoms with Gasteiger partial charge in [-0.15, -0.1) is 14.1 Å². The first-order valence-electron chi connectivity index (χ1n) is 10.4. The molecule has 32 heavy (non-hydrogen) atoms. The number of phenolic OH excluding ortho intramolecular Hbond substituents is 1. The van der Waals surface area contributed by atoms with E-state index in [4.69, 9.17) is 9.47 Å². The van der Waals surface area contributed by atoms with Crippen molar-refractivity contribution in [3.05, 3.63) is 59.7 Å². The molecule has 1 N–H and O–H groups in total. The highest BCUT2D eigenvalue weighted by atomic mass is 16.6. The molecule has 2 aromatic carbocycles. The Hall–Kier alpha value is -3.68. The number of benzene rings is 2. The molecule has 0 saturated heterocycles. The fraction of sp³-hybridized carbons (Fsp3) is 0.333. The molecule has 0 aliphatic heterocycles. The van der Waals surface area contributed by atoms with E-state index in [0.717, 1.165) is 16.6 Å². The van der Waals surface area contributed by atoms with E-state index in [1.807, 2.05) is 32.3 Å². The first kappa shape index (κ1) is 21.5. The van der Waals surface area contributed by atoms with Crippen LogP contribution in [0, 0.1) is 0 Å². The second-order valence-electron chi connectivity index (χ2n) is 9.12. The summed E-state index contributed by atoms with van der Waals surface area (Å²) in [5, 5.41) is 10.4. The number of esters is 2. The van der Waals surface area contributed by atoms with Gasteiger partial charge < -0.3 is 14.6 Å². The van der Waals surface area contributed by atoms with Gasteiger partial charge >= 0.3 is 11.9 Å². The van der Waals surface area contributed by atoms with Crippen molar-refractivity contribution >= 4 is 23.0 Å². The fourth-order valence-electron chi connectivity index (χ4n) is 3.43. The molecule has 1 unspecified atom stereocenters. The van der Waals surface area contributed by atoms with Gasteiger partial charge in [-0.25, -0.2) is 9.59 Å². The number of carbonyl (C=O) groups excluding carboxylic acids is 2. The summed E-state index contributed by atoms with van der Waals surface area (Å²) in [4.78, 5) is 25.9. The average molecular weight is 437 g/mol. The Bertz CT molecular complexity index is 1330. The SMILES string of the molecule is C=C(C)C(=O)OCC(C)OC(=O)c1ccc2c(c1)n1n(-c3cc(C(C)(C)C)ccc3O)n21. The zero-order chi connectivity index (χ0) is 23.4. The first-order valence-corrected chi connectivity index (χ1v) is 10.4.